The third-order valence-electron chi connectivity index (χ3n) is 2.95. The van der Waals surface area contributed by atoms with E-state index in [-0.39, 0.29) is 11.7 Å². The lowest BCUT2D eigenvalue weighted by atomic mass is 10.2. The molecule has 1 aliphatic carbocycles. The number of amides is 1. The fourth-order valence-electron chi connectivity index (χ4n) is 1.73. The van der Waals surface area contributed by atoms with Crippen LogP contribution in [0.15, 0.2) is 28.1 Å². The molecule has 19 heavy (non-hydrogen) atoms. The Labute approximate surface area is 122 Å². The summed E-state index contributed by atoms with van der Waals surface area (Å²) in [6.07, 6.45) is 2.38. The molecular weight excluding hydrogens is 328 g/mol. The van der Waals surface area contributed by atoms with Gasteiger partial charge in [0.05, 0.1) is 10.2 Å². The van der Waals surface area contributed by atoms with E-state index in [1.165, 1.54) is 30.2 Å². The van der Waals surface area contributed by atoms with Gasteiger partial charge in [-0.25, -0.2) is 4.98 Å². The molecule has 0 aliphatic heterocycles. The number of anilines is 1. The molecule has 98 valence electrons. The second-order valence-electron chi connectivity index (χ2n) is 4.47. The van der Waals surface area contributed by atoms with Gasteiger partial charge in [-0.05, 0) is 47.0 Å². The molecule has 0 unspecified atom stereocenters. The summed E-state index contributed by atoms with van der Waals surface area (Å²) in [5.41, 5.74) is 1.47. The summed E-state index contributed by atoms with van der Waals surface area (Å²) in [7, 11) is 0. The molecule has 1 fully saturated rings. The number of carbonyl (C=O) groups is 1. The summed E-state index contributed by atoms with van der Waals surface area (Å²) < 4.78 is 0.564. The summed E-state index contributed by atoms with van der Waals surface area (Å²) >= 11 is 4.61. The van der Waals surface area contributed by atoms with Crippen molar-refractivity contribution < 1.29 is 9.90 Å². The monoisotopic (exact) mass is 338 g/mol. The number of thiazole rings is 1. The zero-order valence-electron chi connectivity index (χ0n) is 9.89. The zero-order chi connectivity index (χ0) is 13.4. The van der Waals surface area contributed by atoms with Gasteiger partial charge in [0.1, 0.15) is 5.75 Å². The standard InChI is InChI=1S/C13H11BrN2O2S/c14-9-4-3-8(5-11(9)17)12(18)16-13-15-10(6-19-13)7-1-2-7/h3-7,17H,1-2H2,(H,15,16,18). The first kappa shape index (κ1) is 12.6. The number of carbonyl (C=O) groups excluding carboxylic acids is 1. The van der Waals surface area contributed by atoms with E-state index in [2.05, 4.69) is 26.2 Å². The van der Waals surface area contributed by atoms with Crippen LogP contribution in [0.4, 0.5) is 5.13 Å². The van der Waals surface area contributed by atoms with E-state index in [1.807, 2.05) is 5.38 Å². The van der Waals surface area contributed by atoms with E-state index in [4.69, 9.17) is 0 Å². The number of aromatic hydroxyl groups is 1. The summed E-state index contributed by atoms with van der Waals surface area (Å²) in [4.78, 5) is 16.4. The van der Waals surface area contributed by atoms with Crippen LogP contribution in [0.2, 0.25) is 0 Å². The van der Waals surface area contributed by atoms with E-state index in [0.717, 1.165) is 5.69 Å². The summed E-state index contributed by atoms with van der Waals surface area (Å²) in [6.45, 7) is 0. The van der Waals surface area contributed by atoms with Gasteiger partial charge in [0.25, 0.3) is 5.91 Å². The molecule has 0 atom stereocenters. The first-order valence-corrected chi connectivity index (χ1v) is 7.56. The van der Waals surface area contributed by atoms with Crippen molar-refractivity contribution >= 4 is 38.3 Å². The number of nitrogens with one attached hydrogen (secondary N) is 1. The predicted molar refractivity (Wildman–Crippen MR) is 77.8 cm³/mol. The van der Waals surface area contributed by atoms with Crippen molar-refractivity contribution in [2.75, 3.05) is 5.32 Å². The van der Waals surface area contributed by atoms with Gasteiger partial charge >= 0.3 is 0 Å². The molecule has 1 saturated carbocycles. The normalized spacial score (nSPS) is 14.4. The Morgan fingerprint density at radius 3 is 2.95 bits per heavy atom. The van der Waals surface area contributed by atoms with E-state index in [0.29, 0.717) is 21.1 Å². The Hall–Kier alpha value is -1.40. The van der Waals surface area contributed by atoms with Gasteiger partial charge in [-0.2, -0.15) is 0 Å². The average Bonchev–Trinajstić information content (AvgIpc) is 3.14. The van der Waals surface area contributed by atoms with E-state index < -0.39 is 0 Å². The molecule has 2 aromatic rings. The Kier molecular flexibility index (Phi) is 3.28. The Morgan fingerprint density at radius 2 is 2.26 bits per heavy atom. The lowest BCUT2D eigenvalue weighted by Crippen LogP contribution is -2.11. The quantitative estimate of drug-likeness (QED) is 0.895. The Balaban J connectivity index is 1.74. The molecule has 6 heteroatoms. The third kappa shape index (κ3) is 2.79. The van der Waals surface area contributed by atoms with Crippen LogP contribution >= 0.6 is 27.3 Å². The molecule has 0 bridgehead atoms. The maximum atomic E-state index is 12.0. The van der Waals surface area contributed by atoms with E-state index >= 15 is 0 Å². The number of halogens is 1. The third-order valence-corrected chi connectivity index (χ3v) is 4.39. The fourth-order valence-corrected chi connectivity index (χ4v) is 2.77. The van der Waals surface area contributed by atoms with E-state index in [9.17, 15) is 9.90 Å². The summed E-state index contributed by atoms with van der Waals surface area (Å²) in [5, 5.41) is 14.9. The molecule has 1 heterocycles. The maximum Gasteiger partial charge on any atom is 0.257 e. The second-order valence-corrected chi connectivity index (χ2v) is 6.18. The number of hydrogen-bond acceptors (Lipinski definition) is 4. The zero-order valence-corrected chi connectivity index (χ0v) is 12.3. The molecule has 3 rings (SSSR count). The van der Waals surface area contributed by atoms with Crippen molar-refractivity contribution in [1.29, 1.82) is 0 Å². The van der Waals surface area contributed by atoms with Gasteiger partial charge in [-0.3, -0.25) is 10.1 Å². The van der Waals surface area contributed by atoms with Crippen molar-refractivity contribution in [1.82, 2.24) is 4.98 Å². The highest BCUT2D eigenvalue weighted by Gasteiger charge is 2.26. The van der Waals surface area contributed by atoms with Crippen LogP contribution in [0.5, 0.6) is 5.75 Å². The topological polar surface area (TPSA) is 62.2 Å². The number of phenols is 1. The van der Waals surface area contributed by atoms with Gasteiger partial charge in [0, 0.05) is 16.9 Å². The molecule has 1 aromatic carbocycles. The molecule has 2 N–H and O–H groups in total. The number of hydrogen-bond donors (Lipinski definition) is 2. The SMILES string of the molecule is O=C(Nc1nc(C2CC2)cs1)c1ccc(Br)c(O)c1. The van der Waals surface area contributed by atoms with Gasteiger partial charge in [-0.15, -0.1) is 11.3 Å². The molecule has 4 nitrogen and oxygen atoms in total. The molecule has 0 saturated heterocycles. The molecule has 1 aliphatic rings. The maximum absolute atomic E-state index is 12.0. The van der Waals surface area contributed by atoms with Crippen molar-refractivity contribution in [3.63, 3.8) is 0 Å². The fraction of sp³-hybridized carbons (Fsp3) is 0.231. The molecule has 0 spiro atoms. The van der Waals surface area contributed by atoms with Crippen molar-refractivity contribution in [2.24, 2.45) is 0 Å². The highest BCUT2D eigenvalue weighted by atomic mass is 79.9. The van der Waals surface area contributed by atoms with Crippen LogP contribution < -0.4 is 5.32 Å². The van der Waals surface area contributed by atoms with Crippen LogP contribution in [-0.2, 0) is 0 Å². The molecule has 1 amide bonds. The number of benzene rings is 1. The van der Waals surface area contributed by atoms with Gasteiger partial charge in [0.15, 0.2) is 5.13 Å². The van der Waals surface area contributed by atoms with Crippen LogP contribution in [-0.4, -0.2) is 16.0 Å². The Morgan fingerprint density at radius 1 is 1.47 bits per heavy atom. The van der Waals surface area contributed by atoms with Gasteiger partial charge in [0.2, 0.25) is 0 Å². The van der Waals surface area contributed by atoms with Gasteiger partial charge < -0.3 is 5.11 Å². The van der Waals surface area contributed by atoms with Crippen LogP contribution in [0, 0.1) is 0 Å². The van der Waals surface area contributed by atoms with Crippen LogP contribution in [0.1, 0.15) is 34.8 Å². The number of nitrogens with zero attached hydrogens (tertiary/aromatic N) is 1. The van der Waals surface area contributed by atoms with Crippen molar-refractivity contribution in [3.05, 3.63) is 39.3 Å². The Bertz CT molecular complexity index is 637. The predicted octanol–water partition coefficient (Wildman–Crippen LogP) is 3.74. The largest absolute Gasteiger partial charge is 0.507 e. The number of phenolic OH excluding ortho intramolecular Hbond substituents is 1. The van der Waals surface area contributed by atoms with Crippen molar-refractivity contribution in [2.45, 2.75) is 18.8 Å². The average molecular weight is 339 g/mol. The van der Waals surface area contributed by atoms with Gasteiger partial charge in [-0.1, -0.05) is 0 Å². The lowest BCUT2D eigenvalue weighted by molar-refractivity contribution is 0.102. The number of aromatic nitrogens is 1. The molecule has 0 radical (unpaired) electrons. The number of rotatable bonds is 3. The van der Waals surface area contributed by atoms with Crippen LogP contribution in [0.3, 0.4) is 0 Å². The van der Waals surface area contributed by atoms with Crippen LogP contribution in [0.25, 0.3) is 0 Å². The summed E-state index contributed by atoms with van der Waals surface area (Å²) in [6, 6.07) is 4.71. The smallest absolute Gasteiger partial charge is 0.257 e. The first-order chi connectivity index (χ1) is 9.13. The van der Waals surface area contributed by atoms with E-state index in [1.54, 1.807) is 12.1 Å². The summed E-state index contributed by atoms with van der Waals surface area (Å²) in [5.74, 6) is 0.364. The highest BCUT2D eigenvalue weighted by molar-refractivity contribution is 9.10. The second kappa shape index (κ2) is 4.94. The minimum Gasteiger partial charge on any atom is -0.507 e. The van der Waals surface area contributed by atoms with Crippen molar-refractivity contribution in [3.8, 4) is 5.75 Å². The minimum atomic E-state index is -0.264. The molecular formula is C13H11BrN2O2S. The molecule has 1 aromatic heterocycles. The lowest BCUT2D eigenvalue weighted by Gasteiger charge is -2.03. The first-order valence-electron chi connectivity index (χ1n) is 5.89. The minimum absolute atomic E-state index is 0.0467. The highest BCUT2D eigenvalue weighted by Crippen LogP contribution is 2.40.